The minimum absolute atomic E-state index is 0.000256. The van der Waals surface area contributed by atoms with Gasteiger partial charge in [-0.15, -0.1) is 0 Å². The molecule has 0 saturated heterocycles. The molecule has 0 unspecified atom stereocenters. The van der Waals surface area contributed by atoms with Crippen molar-refractivity contribution in [1.29, 1.82) is 0 Å². The van der Waals surface area contributed by atoms with Crippen LogP contribution < -0.4 is 5.32 Å². The minimum atomic E-state index is -3.80. The van der Waals surface area contributed by atoms with Gasteiger partial charge < -0.3 is 5.32 Å². The van der Waals surface area contributed by atoms with Gasteiger partial charge in [-0.1, -0.05) is 63.9 Å². The summed E-state index contributed by atoms with van der Waals surface area (Å²) in [6.07, 6.45) is 0. The maximum Gasteiger partial charge on any atom is 0.257 e. The van der Waals surface area contributed by atoms with Gasteiger partial charge in [0.05, 0.1) is 15.5 Å². The van der Waals surface area contributed by atoms with E-state index in [2.05, 4.69) is 21.2 Å². The summed E-state index contributed by atoms with van der Waals surface area (Å²) in [5.41, 5.74) is 1.51. The van der Waals surface area contributed by atoms with Crippen LogP contribution in [0.3, 0.4) is 0 Å². The number of rotatable bonds is 6. The van der Waals surface area contributed by atoms with Gasteiger partial charge >= 0.3 is 0 Å². The lowest BCUT2D eigenvalue weighted by atomic mass is 10.2. The fraction of sp³-hybridized carbons (Fsp3) is 0.0952. The number of hydrogen-bond donors (Lipinski definition) is 1. The van der Waals surface area contributed by atoms with Crippen LogP contribution in [0.4, 0.5) is 5.69 Å². The lowest BCUT2D eigenvalue weighted by Gasteiger charge is -2.18. The van der Waals surface area contributed by atoms with Gasteiger partial charge in [-0.25, -0.2) is 8.42 Å². The van der Waals surface area contributed by atoms with Gasteiger partial charge in [0.15, 0.2) is 0 Å². The van der Waals surface area contributed by atoms with E-state index in [4.69, 9.17) is 11.6 Å². The van der Waals surface area contributed by atoms with E-state index in [1.54, 1.807) is 18.2 Å². The number of benzene rings is 3. The van der Waals surface area contributed by atoms with Crippen molar-refractivity contribution in [3.63, 3.8) is 0 Å². The van der Waals surface area contributed by atoms with E-state index in [0.29, 0.717) is 5.69 Å². The lowest BCUT2D eigenvalue weighted by molar-refractivity contribution is 0.102. The maximum atomic E-state index is 13.0. The quantitative estimate of drug-likeness (QED) is 0.515. The summed E-state index contributed by atoms with van der Waals surface area (Å²) in [5.74, 6) is -0.490. The molecule has 0 heterocycles. The van der Waals surface area contributed by atoms with E-state index in [1.165, 1.54) is 29.6 Å². The van der Waals surface area contributed by atoms with Gasteiger partial charge in [0.2, 0.25) is 10.0 Å². The van der Waals surface area contributed by atoms with Crippen molar-refractivity contribution in [3.05, 3.63) is 93.4 Å². The molecular formula is C21H18BrClN2O3S. The van der Waals surface area contributed by atoms with Crippen LogP contribution in [0, 0.1) is 0 Å². The van der Waals surface area contributed by atoms with Gasteiger partial charge in [-0.2, -0.15) is 4.31 Å². The Morgan fingerprint density at radius 2 is 1.76 bits per heavy atom. The number of nitrogens with one attached hydrogen (secondary N) is 1. The summed E-state index contributed by atoms with van der Waals surface area (Å²) in [6, 6.07) is 20.5. The molecule has 3 aromatic rings. The number of amides is 1. The highest BCUT2D eigenvalue weighted by Crippen LogP contribution is 2.25. The van der Waals surface area contributed by atoms with E-state index < -0.39 is 15.9 Å². The molecule has 150 valence electrons. The van der Waals surface area contributed by atoms with Crippen molar-refractivity contribution in [2.75, 3.05) is 12.4 Å². The number of carbonyl (C=O) groups excluding carboxylic acids is 1. The van der Waals surface area contributed by atoms with E-state index in [0.717, 1.165) is 10.0 Å². The summed E-state index contributed by atoms with van der Waals surface area (Å²) in [6.45, 7) is 0.214. The molecule has 3 rings (SSSR count). The lowest BCUT2D eigenvalue weighted by Crippen LogP contribution is -2.27. The van der Waals surface area contributed by atoms with E-state index in [-0.39, 0.29) is 22.0 Å². The Kier molecular flexibility index (Phi) is 6.74. The second-order valence-corrected chi connectivity index (χ2v) is 9.72. The number of hydrogen-bond acceptors (Lipinski definition) is 3. The SMILES string of the molecule is CN(Cc1ccccc1)S(=O)(=O)c1ccc(Cl)c(C(=O)Nc2cccc(Br)c2)c1. The molecule has 0 spiro atoms. The van der Waals surface area contributed by atoms with Gasteiger partial charge in [0.1, 0.15) is 0 Å². The highest BCUT2D eigenvalue weighted by Gasteiger charge is 2.23. The van der Waals surface area contributed by atoms with Crippen molar-refractivity contribution in [2.24, 2.45) is 0 Å². The van der Waals surface area contributed by atoms with Gasteiger partial charge in [0, 0.05) is 23.8 Å². The van der Waals surface area contributed by atoms with Crippen molar-refractivity contribution in [1.82, 2.24) is 4.31 Å². The molecule has 0 aromatic heterocycles. The zero-order chi connectivity index (χ0) is 21.0. The van der Waals surface area contributed by atoms with Crippen LogP contribution in [0.2, 0.25) is 5.02 Å². The first-order chi connectivity index (χ1) is 13.8. The standard InChI is InChI=1S/C21H18BrClN2O3S/c1-25(14-15-6-3-2-4-7-15)29(27,28)18-10-11-20(23)19(13-18)21(26)24-17-9-5-8-16(22)12-17/h2-13H,14H2,1H3,(H,24,26). The molecule has 5 nitrogen and oxygen atoms in total. The smallest absolute Gasteiger partial charge is 0.257 e. The molecule has 29 heavy (non-hydrogen) atoms. The molecule has 1 N–H and O–H groups in total. The summed E-state index contributed by atoms with van der Waals surface area (Å²) in [4.78, 5) is 12.7. The van der Waals surface area contributed by atoms with Gasteiger partial charge in [0.25, 0.3) is 5.91 Å². The van der Waals surface area contributed by atoms with Gasteiger partial charge in [-0.05, 0) is 42.0 Å². The van der Waals surface area contributed by atoms with Gasteiger partial charge in [-0.3, -0.25) is 4.79 Å². The van der Waals surface area contributed by atoms with E-state index in [9.17, 15) is 13.2 Å². The first-order valence-electron chi connectivity index (χ1n) is 8.64. The van der Waals surface area contributed by atoms with Crippen LogP contribution >= 0.6 is 27.5 Å². The average molecular weight is 494 g/mol. The first-order valence-corrected chi connectivity index (χ1v) is 11.3. The van der Waals surface area contributed by atoms with Crippen LogP contribution in [-0.2, 0) is 16.6 Å². The normalized spacial score (nSPS) is 11.4. The molecule has 8 heteroatoms. The fourth-order valence-corrected chi connectivity index (χ4v) is 4.50. The van der Waals surface area contributed by atoms with Crippen molar-refractivity contribution in [2.45, 2.75) is 11.4 Å². The minimum Gasteiger partial charge on any atom is -0.322 e. The molecular weight excluding hydrogens is 476 g/mol. The summed E-state index contributed by atoms with van der Waals surface area (Å²) >= 11 is 9.51. The third kappa shape index (κ3) is 5.25. The summed E-state index contributed by atoms with van der Waals surface area (Å²) in [7, 11) is -2.30. The second kappa shape index (κ2) is 9.09. The molecule has 0 bridgehead atoms. The molecule has 0 aliphatic heterocycles. The Hall–Kier alpha value is -2.19. The number of carbonyl (C=O) groups is 1. The van der Waals surface area contributed by atoms with Crippen molar-refractivity contribution in [3.8, 4) is 0 Å². The molecule has 0 aliphatic carbocycles. The zero-order valence-electron chi connectivity index (χ0n) is 15.5. The molecule has 0 saturated carbocycles. The van der Waals surface area contributed by atoms with Crippen LogP contribution in [0.5, 0.6) is 0 Å². The number of halogens is 2. The Morgan fingerprint density at radius 3 is 2.45 bits per heavy atom. The van der Waals surface area contributed by atoms with Crippen LogP contribution in [0.25, 0.3) is 0 Å². The largest absolute Gasteiger partial charge is 0.322 e. The number of anilines is 1. The Bertz CT molecular complexity index is 1140. The predicted octanol–water partition coefficient (Wildman–Crippen LogP) is 5.18. The molecule has 0 radical (unpaired) electrons. The molecule has 0 aliphatic rings. The average Bonchev–Trinajstić information content (AvgIpc) is 2.68. The third-order valence-electron chi connectivity index (χ3n) is 4.22. The maximum absolute atomic E-state index is 13.0. The van der Waals surface area contributed by atoms with Crippen LogP contribution in [0.1, 0.15) is 15.9 Å². The predicted molar refractivity (Wildman–Crippen MR) is 119 cm³/mol. The molecule has 1 amide bonds. The molecule has 0 atom stereocenters. The highest BCUT2D eigenvalue weighted by molar-refractivity contribution is 9.10. The number of nitrogens with zero attached hydrogens (tertiary/aromatic N) is 1. The molecule has 3 aromatic carbocycles. The summed E-state index contributed by atoms with van der Waals surface area (Å²) < 4.78 is 28.0. The Morgan fingerprint density at radius 1 is 1.03 bits per heavy atom. The second-order valence-electron chi connectivity index (χ2n) is 6.35. The van der Waals surface area contributed by atoms with Crippen molar-refractivity contribution >= 4 is 49.1 Å². The Labute approximate surface area is 183 Å². The zero-order valence-corrected chi connectivity index (χ0v) is 18.6. The highest BCUT2D eigenvalue weighted by atomic mass is 79.9. The summed E-state index contributed by atoms with van der Waals surface area (Å²) in [5, 5.41) is 2.89. The third-order valence-corrected chi connectivity index (χ3v) is 6.84. The van der Waals surface area contributed by atoms with Crippen molar-refractivity contribution < 1.29 is 13.2 Å². The van der Waals surface area contributed by atoms with E-state index in [1.807, 2.05) is 36.4 Å². The van der Waals surface area contributed by atoms with Crippen LogP contribution in [-0.4, -0.2) is 25.7 Å². The monoisotopic (exact) mass is 492 g/mol. The fourth-order valence-electron chi connectivity index (χ4n) is 2.71. The topological polar surface area (TPSA) is 66.5 Å². The number of sulfonamides is 1. The first kappa shape index (κ1) is 21.5. The van der Waals surface area contributed by atoms with E-state index >= 15 is 0 Å². The molecule has 0 fully saturated rings. The van der Waals surface area contributed by atoms with Crippen LogP contribution in [0.15, 0.2) is 82.2 Å². The Balaban J connectivity index is 1.86.